The number of hydrogen-bond acceptors (Lipinski definition) is 4. The van der Waals surface area contributed by atoms with Crippen LogP contribution in [0.3, 0.4) is 0 Å². The average molecular weight is 314 g/mol. The van der Waals surface area contributed by atoms with Gasteiger partial charge in [-0.15, -0.1) is 0 Å². The van der Waals surface area contributed by atoms with Gasteiger partial charge in [0.1, 0.15) is 0 Å². The molecule has 1 rings (SSSR count). The molecule has 0 aromatic heterocycles. The normalized spacial score (nSPS) is 14.5. The Labute approximate surface area is 122 Å². The molecule has 0 saturated carbocycles. The van der Waals surface area contributed by atoms with Crippen molar-refractivity contribution in [2.75, 3.05) is 12.8 Å². The van der Waals surface area contributed by atoms with Gasteiger partial charge < -0.3 is 0 Å². The van der Waals surface area contributed by atoms with E-state index in [2.05, 4.69) is 4.72 Å². The second-order valence-electron chi connectivity index (χ2n) is 4.59. The van der Waals surface area contributed by atoms with Gasteiger partial charge in [0.25, 0.3) is 0 Å². The quantitative estimate of drug-likeness (QED) is 0.857. The molecule has 0 heterocycles. The van der Waals surface area contributed by atoms with Gasteiger partial charge in [-0.05, 0) is 37.1 Å². The molecule has 0 spiro atoms. The van der Waals surface area contributed by atoms with Crippen LogP contribution in [0.15, 0.2) is 23.1 Å². The molecule has 1 N–H and O–H groups in total. The number of rotatable bonds is 6. The van der Waals surface area contributed by atoms with Crippen LogP contribution in [0.25, 0.3) is 0 Å². The van der Waals surface area contributed by atoms with Crippen molar-refractivity contribution in [2.24, 2.45) is 0 Å². The maximum Gasteiger partial charge on any atom is 0.240 e. The van der Waals surface area contributed by atoms with Gasteiger partial charge in [-0.2, -0.15) is 5.26 Å². The van der Waals surface area contributed by atoms with Crippen LogP contribution in [0.4, 0.5) is 0 Å². The molecule has 1 aromatic rings. The molecule has 7 heteroatoms. The summed E-state index contributed by atoms with van der Waals surface area (Å²) in [6, 6.07) is 6.41. The van der Waals surface area contributed by atoms with Gasteiger partial charge in [0.2, 0.25) is 10.0 Å². The van der Waals surface area contributed by atoms with E-state index in [0.717, 1.165) is 0 Å². The third-order valence-electron chi connectivity index (χ3n) is 3.00. The Morgan fingerprint density at radius 1 is 1.45 bits per heavy atom. The molecule has 110 valence electrons. The fourth-order valence-corrected chi connectivity index (χ4v) is 3.38. The number of benzene rings is 1. The topological polar surface area (TPSA) is 87.0 Å². The average Bonchev–Trinajstić information content (AvgIpc) is 2.37. The van der Waals surface area contributed by atoms with Crippen molar-refractivity contribution in [2.45, 2.75) is 30.4 Å². The largest absolute Gasteiger partial charge is 0.260 e. The number of nitriles is 1. The minimum atomic E-state index is -3.60. The van der Waals surface area contributed by atoms with Gasteiger partial charge in [-0.1, -0.05) is 6.92 Å². The molecule has 0 aliphatic carbocycles. The Morgan fingerprint density at radius 2 is 2.10 bits per heavy atom. The van der Waals surface area contributed by atoms with Crippen LogP contribution in [0.5, 0.6) is 0 Å². The lowest BCUT2D eigenvalue weighted by atomic mass is 10.2. The lowest BCUT2D eigenvalue weighted by Crippen LogP contribution is -2.28. The van der Waals surface area contributed by atoms with Crippen LogP contribution in [0.1, 0.15) is 24.5 Å². The zero-order valence-corrected chi connectivity index (χ0v) is 13.3. The van der Waals surface area contributed by atoms with Gasteiger partial charge in [0.05, 0.1) is 16.5 Å². The van der Waals surface area contributed by atoms with E-state index in [4.69, 9.17) is 5.26 Å². The summed E-state index contributed by atoms with van der Waals surface area (Å²) in [6.07, 6.45) is 2.11. The third kappa shape index (κ3) is 4.40. The van der Waals surface area contributed by atoms with Gasteiger partial charge in [0.15, 0.2) is 0 Å². The van der Waals surface area contributed by atoms with E-state index in [9.17, 15) is 12.6 Å². The molecule has 1 aromatic carbocycles. The van der Waals surface area contributed by atoms with Gasteiger partial charge in [0, 0.05) is 28.9 Å². The molecule has 0 aliphatic heterocycles. The van der Waals surface area contributed by atoms with E-state index in [1.807, 2.05) is 13.0 Å². The highest BCUT2D eigenvalue weighted by Gasteiger charge is 2.17. The van der Waals surface area contributed by atoms with Crippen LogP contribution < -0.4 is 4.72 Å². The molecule has 0 fully saturated rings. The second-order valence-corrected chi connectivity index (χ2v) is 8.13. The monoisotopic (exact) mass is 314 g/mol. The van der Waals surface area contributed by atoms with E-state index in [-0.39, 0.29) is 16.7 Å². The van der Waals surface area contributed by atoms with E-state index < -0.39 is 20.8 Å². The molecule has 0 bridgehead atoms. The molecule has 20 heavy (non-hydrogen) atoms. The minimum Gasteiger partial charge on any atom is -0.260 e. The zero-order valence-electron chi connectivity index (χ0n) is 11.7. The van der Waals surface area contributed by atoms with Crippen molar-refractivity contribution >= 4 is 20.8 Å². The fraction of sp³-hybridized carbons (Fsp3) is 0.462. The van der Waals surface area contributed by atoms with E-state index >= 15 is 0 Å². The Bertz CT molecular complexity index is 648. The van der Waals surface area contributed by atoms with Crippen LogP contribution in [0.2, 0.25) is 0 Å². The van der Waals surface area contributed by atoms with E-state index in [0.29, 0.717) is 17.5 Å². The Hall–Kier alpha value is -1.23. The van der Waals surface area contributed by atoms with Gasteiger partial charge in [-0.25, -0.2) is 13.1 Å². The second kappa shape index (κ2) is 6.97. The number of hydrogen-bond donors (Lipinski definition) is 1. The van der Waals surface area contributed by atoms with Crippen molar-refractivity contribution in [3.63, 3.8) is 0 Å². The molecule has 2 atom stereocenters. The highest BCUT2D eigenvalue weighted by molar-refractivity contribution is 7.89. The van der Waals surface area contributed by atoms with Gasteiger partial charge >= 0.3 is 0 Å². The first kappa shape index (κ1) is 16.8. The predicted molar refractivity (Wildman–Crippen MR) is 79.2 cm³/mol. The third-order valence-corrected chi connectivity index (χ3v) is 5.99. The first-order valence-electron chi connectivity index (χ1n) is 6.10. The fourth-order valence-electron chi connectivity index (χ4n) is 1.66. The number of nitrogens with zero attached hydrogens (tertiary/aromatic N) is 1. The van der Waals surface area contributed by atoms with Crippen molar-refractivity contribution in [1.29, 1.82) is 5.26 Å². The highest BCUT2D eigenvalue weighted by Crippen LogP contribution is 2.16. The van der Waals surface area contributed by atoms with Crippen LogP contribution in [-0.4, -0.2) is 30.7 Å². The summed E-state index contributed by atoms with van der Waals surface area (Å²) in [5.74, 6) is 0. The molecule has 0 aliphatic rings. The molecule has 0 radical (unpaired) electrons. The lowest BCUT2D eigenvalue weighted by Gasteiger charge is -2.11. The summed E-state index contributed by atoms with van der Waals surface area (Å²) in [7, 11) is -4.56. The molecule has 0 saturated heterocycles. The standard InChI is InChI=1S/C13H18N2O3S2/c1-10-8-12(9-14)4-5-13(10)20(17,18)15-7-6-11(2)19(3)16/h4-5,8,11,15H,6-7H2,1-3H3. The Balaban J connectivity index is 2.80. The van der Waals surface area contributed by atoms with Gasteiger partial charge in [-0.3, -0.25) is 4.21 Å². The molecule has 0 amide bonds. The summed E-state index contributed by atoms with van der Waals surface area (Å²) in [4.78, 5) is 0.168. The zero-order chi connectivity index (χ0) is 15.3. The smallest absolute Gasteiger partial charge is 0.240 e. The maximum absolute atomic E-state index is 12.1. The first-order valence-corrected chi connectivity index (χ1v) is 9.21. The van der Waals surface area contributed by atoms with Crippen LogP contribution in [0, 0.1) is 18.3 Å². The van der Waals surface area contributed by atoms with Crippen molar-refractivity contribution < 1.29 is 12.6 Å². The van der Waals surface area contributed by atoms with Crippen molar-refractivity contribution in [1.82, 2.24) is 4.72 Å². The van der Waals surface area contributed by atoms with Crippen molar-refractivity contribution in [3.8, 4) is 6.07 Å². The molecule has 5 nitrogen and oxygen atoms in total. The summed E-state index contributed by atoms with van der Waals surface area (Å²) in [5.41, 5.74) is 0.958. The van der Waals surface area contributed by atoms with Crippen molar-refractivity contribution in [3.05, 3.63) is 29.3 Å². The summed E-state index contributed by atoms with van der Waals surface area (Å²) in [5, 5.41) is 8.71. The summed E-state index contributed by atoms with van der Waals surface area (Å²) >= 11 is 0. The number of aryl methyl sites for hydroxylation is 1. The number of sulfonamides is 1. The molecular formula is C13H18N2O3S2. The predicted octanol–water partition coefficient (Wildman–Crippen LogP) is 1.30. The van der Waals surface area contributed by atoms with E-state index in [1.54, 1.807) is 13.2 Å². The summed E-state index contributed by atoms with van der Waals surface area (Å²) in [6.45, 7) is 3.71. The minimum absolute atomic E-state index is 0.0558. The van der Waals surface area contributed by atoms with Crippen LogP contribution >= 0.6 is 0 Å². The lowest BCUT2D eigenvalue weighted by molar-refractivity contribution is 0.577. The molecule has 2 unspecified atom stereocenters. The maximum atomic E-state index is 12.1. The number of nitrogens with one attached hydrogen (secondary N) is 1. The first-order chi connectivity index (χ1) is 9.27. The Morgan fingerprint density at radius 3 is 2.60 bits per heavy atom. The van der Waals surface area contributed by atoms with Crippen LogP contribution in [-0.2, 0) is 20.8 Å². The SMILES string of the molecule is Cc1cc(C#N)ccc1S(=O)(=O)NCCC(C)S(C)=O. The summed E-state index contributed by atoms with van der Waals surface area (Å²) < 4.78 is 38.0. The molecular weight excluding hydrogens is 296 g/mol. The highest BCUT2D eigenvalue weighted by atomic mass is 32.2. The van der Waals surface area contributed by atoms with E-state index in [1.165, 1.54) is 18.2 Å². The Kier molecular flexibility index (Phi) is 5.87.